The Bertz CT molecular complexity index is 489. The SMILES string of the molecule is O=C(O)CCCC(=O)O[C@@H]1CCC[C@H]1SCc1ccccc1. The van der Waals surface area contributed by atoms with E-state index < -0.39 is 5.97 Å². The number of aliphatic carboxylic acids is 1. The number of carboxylic acid groups (broad SMARTS) is 1. The normalized spacial score (nSPS) is 20.7. The summed E-state index contributed by atoms with van der Waals surface area (Å²) in [5.41, 5.74) is 1.28. The molecule has 0 radical (unpaired) electrons. The molecule has 4 nitrogen and oxygen atoms in total. The molecule has 120 valence electrons. The number of rotatable bonds is 8. The van der Waals surface area contributed by atoms with Gasteiger partial charge in [-0.3, -0.25) is 9.59 Å². The molecule has 1 aromatic carbocycles. The number of thioether (sulfide) groups is 1. The molecule has 1 fully saturated rings. The second kappa shape index (κ2) is 8.83. The first-order valence-electron chi connectivity index (χ1n) is 7.72. The Morgan fingerprint density at radius 2 is 1.95 bits per heavy atom. The summed E-state index contributed by atoms with van der Waals surface area (Å²) in [6, 6.07) is 10.3. The number of benzene rings is 1. The van der Waals surface area contributed by atoms with Gasteiger partial charge < -0.3 is 9.84 Å². The van der Waals surface area contributed by atoms with Crippen LogP contribution in [0, 0.1) is 0 Å². The number of ether oxygens (including phenoxy) is 1. The van der Waals surface area contributed by atoms with Crippen LogP contribution < -0.4 is 0 Å². The van der Waals surface area contributed by atoms with Crippen LogP contribution in [0.25, 0.3) is 0 Å². The van der Waals surface area contributed by atoms with Gasteiger partial charge in [0.05, 0.1) is 0 Å². The summed E-state index contributed by atoms with van der Waals surface area (Å²) in [4.78, 5) is 22.2. The molecule has 0 aromatic heterocycles. The van der Waals surface area contributed by atoms with E-state index in [1.165, 1.54) is 5.56 Å². The number of carbonyl (C=O) groups is 2. The highest BCUT2D eigenvalue weighted by Gasteiger charge is 2.30. The van der Waals surface area contributed by atoms with Crippen molar-refractivity contribution in [2.45, 2.75) is 55.6 Å². The number of esters is 1. The molecule has 1 aliphatic carbocycles. The lowest BCUT2D eigenvalue weighted by Crippen LogP contribution is -2.24. The summed E-state index contributed by atoms with van der Waals surface area (Å²) in [5.74, 6) is -0.207. The van der Waals surface area contributed by atoms with Crippen LogP contribution in [0.2, 0.25) is 0 Å². The summed E-state index contributed by atoms with van der Waals surface area (Å²) >= 11 is 1.84. The average Bonchev–Trinajstić information content (AvgIpc) is 2.93. The fourth-order valence-electron chi connectivity index (χ4n) is 2.61. The Morgan fingerprint density at radius 1 is 1.18 bits per heavy atom. The molecule has 0 amide bonds. The van der Waals surface area contributed by atoms with Gasteiger partial charge in [-0.15, -0.1) is 11.8 Å². The van der Waals surface area contributed by atoms with Gasteiger partial charge in [0.1, 0.15) is 6.10 Å². The van der Waals surface area contributed by atoms with Crippen LogP contribution in [0.5, 0.6) is 0 Å². The van der Waals surface area contributed by atoms with Crippen LogP contribution in [0.3, 0.4) is 0 Å². The van der Waals surface area contributed by atoms with Gasteiger partial charge in [0, 0.05) is 23.8 Å². The van der Waals surface area contributed by atoms with E-state index in [1.807, 2.05) is 30.0 Å². The van der Waals surface area contributed by atoms with Gasteiger partial charge >= 0.3 is 11.9 Å². The van der Waals surface area contributed by atoms with E-state index in [2.05, 4.69) is 12.1 Å². The molecule has 1 aromatic rings. The van der Waals surface area contributed by atoms with E-state index in [1.54, 1.807) is 0 Å². The van der Waals surface area contributed by atoms with Crippen LogP contribution in [-0.4, -0.2) is 28.4 Å². The third kappa shape index (κ3) is 5.72. The second-order valence-corrected chi connectivity index (χ2v) is 6.77. The molecular formula is C17H22O4S. The topological polar surface area (TPSA) is 63.6 Å². The zero-order chi connectivity index (χ0) is 15.8. The second-order valence-electron chi connectivity index (χ2n) is 5.54. The smallest absolute Gasteiger partial charge is 0.306 e. The maximum Gasteiger partial charge on any atom is 0.306 e. The highest BCUT2D eigenvalue weighted by molar-refractivity contribution is 7.99. The Balaban J connectivity index is 1.73. The zero-order valence-electron chi connectivity index (χ0n) is 12.6. The molecule has 1 saturated carbocycles. The molecule has 0 spiro atoms. The quantitative estimate of drug-likeness (QED) is 0.740. The molecule has 0 bridgehead atoms. The molecule has 0 heterocycles. The van der Waals surface area contributed by atoms with Crippen molar-refractivity contribution in [1.29, 1.82) is 0 Å². The van der Waals surface area contributed by atoms with E-state index in [0.29, 0.717) is 11.7 Å². The van der Waals surface area contributed by atoms with Crippen molar-refractivity contribution in [3.05, 3.63) is 35.9 Å². The molecule has 22 heavy (non-hydrogen) atoms. The highest BCUT2D eigenvalue weighted by atomic mass is 32.2. The van der Waals surface area contributed by atoms with Crippen molar-refractivity contribution in [3.63, 3.8) is 0 Å². The molecule has 5 heteroatoms. The van der Waals surface area contributed by atoms with Crippen molar-refractivity contribution in [2.75, 3.05) is 0 Å². The minimum absolute atomic E-state index is 0.0198. The minimum atomic E-state index is -0.870. The molecule has 2 rings (SSSR count). The minimum Gasteiger partial charge on any atom is -0.481 e. The zero-order valence-corrected chi connectivity index (χ0v) is 13.4. The average molecular weight is 322 g/mol. The van der Waals surface area contributed by atoms with Gasteiger partial charge in [-0.05, 0) is 31.2 Å². The largest absolute Gasteiger partial charge is 0.481 e. The molecule has 0 unspecified atom stereocenters. The van der Waals surface area contributed by atoms with E-state index >= 15 is 0 Å². The summed E-state index contributed by atoms with van der Waals surface area (Å²) in [6.45, 7) is 0. The lowest BCUT2D eigenvalue weighted by atomic mass is 10.2. The van der Waals surface area contributed by atoms with E-state index in [4.69, 9.17) is 9.84 Å². The number of carboxylic acids is 1. The third-order valence-electron chi connectivity index (χ3n) is 3.75. The fourth-order valence-corrected chi connectivity index (χ4v) is 3.95. The summed E-state index contributed by atoms with van der Waals surface area (Å²) in [6.07, 6.45) is 3.61. The molecule has 2 atom stereocenters. The lowest BCUT2D eigenvalue weighted by Gasteiger charge is -2.19. The molecule has 0 aliphatic heterocycles. The van der Waals surface area contributed by atoms with E-state index in [-0.39, 0.29) is 24.9 Å². The van der Waals surface area contributed by atoms with Gasteiger partial charge in [-0.1, -0.05) is 30.3 Å². The highest BCUT2D eigenvalue weighted by Crippen LogP contribution is 2.34. The summed E-state index contributed by atoms with van der Waals surface area (Å²) in [5, 5.41) is 8.93. The monoisotopic (exact) mass is 322 g/mol. The first-order chi connectivity index (χ1) is 10.6. The molecule has 0 saturated heterocycles. The van der Waals surface area contributed by atoms with Crippen LogP contribution in [0.15, 0.2) is 30.3 Å². The van der Waals surface area contributed by atoms with Crippen LogP contribution in [-0.2, 0) is 20.1 Å². The molecular weight excluding hydrogens is 300 g/mol. The molecule has 1 aliphatic rings. The van der Waals surface area contributed by atoms with Crippen LogP contribution >= 0.6 is 11.8 Å². The Labute approximate surface area is 135 Å². The predicted octanol–water partition coefficient (Wildman–Crippen LogP) is 3.64. The van der Waals surface area contributed by atoms with Crippen molar-refractivity contribution in [3.8, 4) is 0 Å². The number of hydrogen-bond donors (Lipinski definition) is 1. The summed E-state index contributed by atoms with van der Waals surface area (Å²) < 4.78 is 5.54. The third-order valence-corrected chi connectivity index (χ3v) is 5.22. The number of carbonyl (C=O) groups excluding carboxylic acids is 1. The first kappa shape index (κ1) is 16.9. The van der Waals surface area contributed by atoms with Crippen molar-refractivity contribution >= 4 is 23.7 Å². The van der Waals surface area contributed by atoms with E-state index in [0.717, 1.165) is 25.0 Å². The Kier molecular flexibility index (Phi) is 6.77. The first-order valence-corrected chi connectivity index (χ1v) is 8.77. The fraction of sp³-hybridized carbons (Fsp3) is 0.529. The predicted molar refractivity (Wildman–Crippen MR) is 86.7 cm³/mol. The van der Waals surface area contributed by atoms with Gasteiger partial charge in [0.25, 0.3) is 0 Å². The standard InChI is InChI=1S/C17H22O4S/c18-16(19)10-5-11-17(20)21-14-8-4-9-15(14)22-12-13-6-2-1-3-7-13/h1-3,6-7,14-15H,4-5,8-12H2,(H,18,19)/t14-,15-/m1/s1. The van der Waals surface area contributed by atoms with Crippen molar-refractivity contribution in [2.24, 2.45) is 0 Å². The van der Waals surface area contributed by atoms with Crippen molar-refractivity contribution in [1.82, 2.24) is 0 Å². The summed E-state index contributed by atoms with van der Waals surface area (Å²) in [7, 11) is 0. The molecule has 1 N–H and O–H groups in total. The van der Waals surface area contributed by atoms with Crippen LogP contribution in [0.4, 0.5) is 0 Å². The van der Waals surface area contributed by atoms with Gasteiger partial charge in [0.15, 0.2) is 0 Å². The van der Waals surface area contributed by atoms with Gasteiger partial charge in [-0.2, -0.15) is 0 Å². The Hall–Kier alpha value is -1.49. The van der Waals surface area contributed by atoms with Crippen molar-refractivity contribution < 1.29 is 19.4 Å². The number of hydrogen-bond acceptors (Lipinski definition) is 4. The van der Waals surface area contributed by atoms with Gasteiger partial charge in [0.2, 0.25) is 0 Å². The van der Waals surface area contributed by atoms with Crippen LogP contribution in [0.1, 0.15) is 44.1 Å². The van der Waals surface area contributed by atoms with E-state index in [9.17, 15) is 9.59 Å². The maximum atomic E-state index is 11.8. The Morgan fingerprint density at radius 3 is 2.68 bits per heavy atom. The maximum absolute atomic E-state index is 11.8. The lowest BCUT2D eigenvalue weighted by molar-refractivity contribution is -0.148. The van der Waals surface area contributed by atoms with Gasteiger partial charge in [-0.25, -0.2) is 0 Å².